The maximum absolute atomic E-state index is 16.4. The number of carbonyl (C=O) groups is 1. The molecule has 2 saturated heterocycles. The van der Waals surface area contributed by atoms with E-state index >= 15 is 4.39 Å². The Kier molecular flexibility index (Phi) is 8.25. The molecule has 2 fully saturated rings. The number of hydrogen-bond acceptors (Lipinski definition) is 8. The van der Waals surface area contributed by atoms with Crippen LogP contribution in [0.4, 0.5) is 23.4 Å². The van der Waals surface area contributed by atoms with Gasteiger partial charge in [-0.25, -0.2) is 17.6 Å². The van der Waals surface area contributed by atoms with Gasteiger partial charge < -0.3 is 14.5 Å². The van der Waals surface area contributed by atoms with Crippen LogP contribution in [0, 0.1) is 5.82 Å². The topological polar surface area (TPSA) is 87.6 Å². The number of benzene rings is 1. The Morgan fingerprint density at radius 2 is 1.95 bits per heavy atom. The number of carbonyl (C=O) groups excluding carboxylic acids is 1. The lowest BCUT2D eigenvalue weighted by Gasteiger charge is -2.35. The smallest absolute Gasteiger partial charge is 0.319 e. The van der Waals surface area contributed by atoms with Crippen molar-refractivity contribution in [2.24, 2.45) is 0 Å². The molecule has 0 unspecified atom stereocenters. The Bertz CT molecular complexity index is 1740. The molecule has 1 aromatic carbocycles. The van der Waals surface area contributed by atoms with Crippen LogP contribution in [0.25, 0.3) is 32.9 Å². The van der Waals surface area contributed by atoms with Crippen molar-refractivity contribution >= 4 is 45.0 Å². The number of rotatable bonds is 7. The predicted octanol–water partition coefficient (Wildman–Crippen LogP) is 4.93. The van der Waals surface area contributed by atoms with E-state index in [4.69, 9.17) is 16.3 Å². The fourth-order valence-corrected chi connectivity index (χ4v) is 5.97. The monoisotopic (exact) mass is 629 g/mol. The maximum atomic E-state index is 16.4. The summed E-state index contributed by atoms with van der Waals surface area (Å²) in [5, 5.41) is 1.99. The third-order valence-corrected chi connectivity index (χ3v) is 8.23. The summed E-state index contributed by atoms with van der Waals surface area (Å²) in [7, 11) is 1.59. The fraction of sp³-hybridized carbons (Fsp3) is 0.367. The van der Waals surface area contributed by atoms with Crippen LogP contribution in [0.5, 0.6) is 6.01 Å². The zero-order valence-electron chi connectivity index (χ0n) is 23.7. The van der Waals surface area contributed by atoms with E-state index in [1.54, 1.807) is 30.3 Å². The van der Waals surface area contributed by atoms with Crippen LogP contribution in [0.3, 0.4) is 0 Å². The molecule has 2 aliphatic heterocycles. The summed E-state index contributed by atoms with van der Waals surface area (Å²) >= 11 is 6.49. The highest BCUT2D eigenvalue weighted by atomic mass is 35.5. The van der Waals surface area contributed by atoms with E-state index in [0.29, 0.717) is 58.7 Å². The number of likely N-dealkylation sites (tertiary alicyclic amines) is 1. The van der Waals surface area contributed by atoms with Crippen LogP contribution < -0.4 is 9.64 Å². The Morgan fingerprint density at radius 1 is 1.16 bits per heavy atom. The molecule has 0 N–H and O–H groups in total. The van der Waals surface area contributed by atoms with Gasteiger partial charge in [0.05, 0.1) is 11.9 Å². The van der Waals surface area contributed by atoms with Crippen LogP contribution in [0.1, 0.15) is 6.42 Å². The molecule has 4 aromatic rings. The standard InChI is InChI=1S/C30H28ClF4N7O2/c1-40-17-30(34,35)12-19(40)16-44-29-38-27-21(28(39-29)42-10-8-41(9-11-42)23(43)6-3-7-32)15-37-26(25(27)33)20-14-36-13-18-4-2-5-22(31)24(18)20/h2-6,13-15,19H,7-12,16-17H2,1H3/b6-3+/t19-/m0/s1. The molecule has 14 heteroatoms. The number of piperazine rings is 1. The number of alkyl halides is 3. The number of anilines is 1. The molecule has 5 heterocycles. The molecule has 1 amide bonds. The van der Waals surface area contributed by atoms with E-state index in [0.717, 1.165) is 6.08 Å². The summed E-state index contributed by atoms with van der Waals surface area (Å²) in [6.45, 7) is 0.0508. The Labute approximate surface area is 255 Å². The summed E-state index contributed by atoms with van der Waals surface area (Å²) in [4.78, 5) is 34.9. The molecule has 1 atom stereocenters. The highest BCUT2D eigenvalue weighted by Crippen LogP contribution is 2.37. The van der Waals surface area contributed by atoms with E-state index in [2.05, 4.69) is 19.9 Å². The first kappa shape index (κ1) is 29.9. The van der Waals surface area contributed by atoms with Gasteiger partial charge in [-0.2, -0.15) is 9.97 Å². The molecule has 0 spiro atoms. The number of amides is 1. The van der Waals surface area contributed by atoms with Crippen molar-refractivity contribution in [3.05, 3.63) is 59.8 Å². The van der Waals surface area contributed by atoms with Crippen molar-refractivity contribution in [2.45, 2.75) is 18.4 Å². The number of likely N-dealkylation sites (N-methyl/N-ethyl adjacent to an activating group) is 1. The molecule has 2 aliphatic rings. The summed E-state index contributed by atoms with van der Waals surface area (Å²) in [6.07, 6.45) is 6.54. The van der Waals surface area contributed by atoms with Crippen molar-refractivity contribution < 1.29 is 27.1 Å². The van der Waals surface area contributed by atoms with Gasteiger partial charge in [-0.05, 0) is 19.2 Å². The number of ether oxygens (including phenoxy) is 1. The molecule has 0 saturated carbocycles. The Morgan fingerprint density at radius 3 is 2.68 bits per heavy atom. The van der Waals surface area contributed by atoms with Gasteiger partial charge >= 0.3 is 6.01 Å². The number of nitrogens with zero attached hydrogens (tertiary/aromatic N) is 7. The van der Waals surface area contributed by atoms with Gasteiger partial charge in [-0.15, -0.1) is 0 Å². The molecule has 3 aromatic heterocycles. The summed E-state index contributed by atoms with van der Waals surface area (Å²) in [5.41, 5.74) is 0.275. The molecule has 6 rings (SSSR count). The third kappa shape index (κ3) is 5.85. The van der Waals surface area contributed by atoms with Gasteiger partial charge in [0.15, 0.2) is 5.82 Å². The second-order valence-corrected chi connectivity index (χ2v) is 11.3. The first-order valence-corrected chi connectivity index (χ1v) is 14.4. The lowest BCUT2D eigenvalue weighted by atomic mass is 10.0. The number of pyridine rings is 2. The minimum atomic E-state index is -2.84. The van der Waals surface area contributed by atoms with Crippen molar-refractivity contribution in [2.75, 3.05) is 58.0 Å². The van der Waals surface area contributed by atoms with Gasteiger partial charge in [0.25, 0.3) is 5.92 Å². The summed E-state index contributed by atoms with van der Waals surface area (Å²) < 4.78 is 62.7. The van der Waals surface area contributed by atoms with E-state index < -0.39 is 24.5 Å². The largest absolute Gasteiger partial charge is 0.462 e. The van der Waals surface area contributed by atoms with Crippen LogP contribution in [-0.4, -0.2) is 101 Å². The second-order valence-electron chi connectivity index (χ2n) is 10.8. The van der Waals surface area contributed by atoms with Crippen molar-refractivity contribution in [3.8, 4) is 17.3 Å². The van der Waals surface area contributed by atoms with Gasteiger partial charge in [0, 0.05) is 84.7 Å². The van der Waals surface area contributed by atoms with Crippen LogP contribution in [0.2, 0.25) is 5.02 Å². The second kappa shape index (κ2) is 12.1. The molecular formula is C30H28ClF4N7O2. The molecule has 230 valence electrons. The first-order valence-electron chi connectivity index (χ1n) is 14.0. The molecule has 44 heavy (non-hydrogen) atoms. The van der Waals surface area contributed by atoms with E-state index in [-0.39, 0.29) is 42.7 Å². The third-order valence-electron chi connectivity index (χ3n) is 7.91. The summed E-state index contributed by atoms with van der Waals surface area (Å²) in [5.74, 6) is -3.57. The van der Waals surface area contributed by atoms with Crippen molar-refractivity contribution in [3.63, 3.8) is 0 Å². The minimum absolute atomic E-state index is 0.0236. The van der Waals surface area contributed by atoms with E-state index in [1.807, 2.05) is 11.0 Å². The number of allylic oxidation sites excluding steroid dienone is 1. The van der Waals surface area contributed by atoms with Crippen LogP contribution in [-0.2, 0) is 4.79 Å². The van der Waals surface area contributed by atoms with Gasteiger partial charge in [0.2, 0.25) is 5.91 Å². The predicted molar refractivity (Wildman–Crippen MR) is 158 cm³/mol. The first-order chi connectivity index (χ1) is 21.1. The zero-order chi connectivity index (χ0) is 31.0. The minimum Gasteiger partial charge on any atom is -0.462 e. The maximum Gasteiger partial charge on any atom is 0.319 e. The average molecular weight is 630 g/mol. The van der Waals surface area contributed by atoms with Crippen molar-refractivity contribution in [1.29, 1.82) is 0 Å². The highest BCUT2D eigenvalue weighted by Gasteiger charge is 2.43. The Balaban J connectivity index is 1.39. The lowest BCUT2D eigenvalue weighted by molar-refractivity contribution is -0.126. The van der Waals surface area contributed by atoms with E-state index in [1.165, 1.54) is 23.4 Å². The molecule has 0 radical (unpaired) electrons. The number of hydrogen-bond donors (Lipinski definition) is 0. The number of aromatic nitrogens is 4. The molecule has 9 nitrogen and oxygen atoms in total. The van der Waals surface area contributed by atoms with Gasteiger partial charge in [0.1, 0.15) is 30.3 Å². The Hall–Kier alpha value is -4.10. The quantitative estimate of drug-likeness (QED) is 0.210. The van der Waals surface area contributed by atoms with Crippen molar-refractivity contribution in [1.82, 2.24) is 29.7 Å². The highest BCUT2D eigenvalue weighted by molar-refractivity contribution is 6.36. The average Bonchev–Trinajstić information content (AvgIpc) is 3.29. The normalized spacial score (nSPS) is 19.0. The number of fused-ring (bicyclic) bond motifs is 2. The molecule has 0 aliphatic carbocycles. The summed E-state index contributed by atoms with van der Waals surface area (Å²) in [6, 6.07) is 4.52. The van der Waals surface area contributed by atoms with E-state index in [9.17, 15) is 18.0 Å². The van der Waals surface area contributed by atoms with Crippen LogP contribution >= 0.6 is 11.6 Å². The fourth-order valence-electron chi connectivity index (χ4n) is 5.69. The zero-order valence-corrected chi connectivity index (χ0v) is 24.4. The van der Waals surface area contributed by atoms with Gasteiger partial charge in [-0.1, -0.05) is 23.7 Å². The molecular weight excluding hydrogens is 602 g/mol. The number of halogens is 5. The SMILES string of the molecule is CN1CC(F)(F)C[C@H]1COc1nc(N2CCN(C(=O)/C=C/CF)CC2)c2cnc(-c3cncc4cccc(Cl)c34)c(F)c2n1. The van der Waals surface area contributed by atoms with Gasteiger partial charge in [-0.3, -0.25) is 19.7 Å². The lowest BCUT2D eigenvalue weighted by Crippen LogP contribution is -2.48. The van der Waals surface area contributed by atoms with Crippen LogP contribution in [0.15, 0.2) is 48.9 Å². The molecule has 0 bridgehead atoms.